The van der Waals surface area contributed by atoms with Gasteiger partial charge in [0, 0.05) is 37.4 Å². The second-order valence-electron chi connectivity index (χ2n) is 9.89. The van der Waals surface area contributed by atoms with Gasteiger partial charge in [-0.25, -0.2) is 9.59 Å². The molecule has 0 atom stereocenters. The molecule has 1 aliphatic rings. The van der Waals surface area contributed by atoms with E-state index in [0.717, 1.165) is 0 Å². The summed E-state index contributed by atoms with van der Waals surface area (Å²) in [5.74, 6) is -1.78. The number of hydroxylamine groups is 2. The molecular formula is C26H45N5O12. The summed E-state index contributed by atoms with van der Waals surface area (Å²) in [5, 5.41) is 3.87. The van der Waals surface area contributed by atoms with Gasteiger partial charge in [-0.3, -0.25) is 9.59 Å². The summed E-state index contributed by atoms with van der Waals surface area (Å²) in [5.41, 5.74) is 7.54. The summed E-state index contributed by atoms with van der Waals surface area (Å²) in [4.78, 5) is 56.0. The van der Waals surface area contributed by atoms with E-state index >= 15 is 0 Å². The molecule has 0 bridgehead atoms. The normalized spacial score (nSPS) is 13.2. The molecule has 246 valence electrons. The van der Waals surface area contributed by atoms with Gasteiger partial charge in [0.05, 0.1) is 85.7 Å². The first-order valence-corrected chi connectivity index (χ1v) is 14.2. The Morgan fingerprint density at radius 2 is 1.21 bits per heavy atom. The predicted octanol–water partition coefficient (Wildman–Crippen LogP) is 1.63. The molecule has 0 aromatic carbocycles. The molecule has 17 heteroatoms. The first-order valence-electron chi connectivity index (χ1n) is 14.2. The van der Waals surface area contributed by atoms with Crippen molar-refractivity contribution >= 4 is 23.9 Å². The summed E-state index contributed by atoms with van der Waals surface area (Å²) in [6, 6.07) is 0. The second kappa shape index (κ2) is 23.4. The third-order valence-corrected chi connectivity index (χ3v) is 5.20. The van der Waals surface area contributed by atoms with Gasteiger partial charge in [0.15, 0.2) is 0 Å². The van der Waals surface area contributed by atoms with Crippen molar-refractivity contribution in [2.45, 2.75) is 45.6 Å². The molecule has 43 heavy (non-hydrogen) atoms. The van der Waals surface area contributed by atoms with E-state index < -0.39 is 29.5 Å². The summed E-state index contributed by atoms with van der Waals surface area (Å²) >= 11 is 0. The highest BCUT2D eigenvalue weighted by molar-refractivity contribution is 6.01. The zero-order valence-corrected chi connectivity index (χ0v) is 25.4. The maximum atomic E-state index is 12.6. The Bertz CT molecular complexity index is 863. The van der Waals surface area contributed by atoms with Crippen LogP contribution in [-0.2, 0) is 52.4 Å². The highest BCUT2D eigenvalue weighted by Crippen LogP contribution is 2.12. The third kappa shape index (κ3) is 20.5. The van der Waals surface area contributed by atoms with Gasteiger partial charge >= 0.3 is 12.1 Å². The van der Waals surface area contributed by atoms with Crippen molar-refractivity contribution in [1.29, 1.82) is 0 Å². The standard InChI is InChI=1S/C26H45N5O12/c1-26(2,3)42-25(35)30(9-13-39-17-21-41-19-15-37-11-7-28-29-27)8-12-38-16-20-40-18-14-36-10-6-24(34)43-31-22(32)4-5-23(31)33/h4-21H2,1-3H3. The van der Waals surface area contributed by atoms with Gasteiger partial charge in [0.25, 0.3) is 11.8 Å². The lowest BCUT2D eigenvalue weighted by Crippen LogP contribution is -2.40. The van der Waals surface area contributed by atoms with Crippen LogP contribution in [0.4, 0.5) is 4.79 Å². The van der Waals surface area contributed by atoms with Gasteiger partial charge in [-0.15, -0.1) is 5.06 Å². The molecule has 1 rings (SSSR count). The van der Waals surface area contributed by atoms with Crippen LogP contribution in [0.1, 0.15) is 40.0 Å². The summed E-state index contributed by atoms with van der Waals surface area (Å²) in [7, 11) is 0. The number of imide groups is 1. The number of rotatable bonds is 25. The Kier molecular flexibility index (Phi) is 20.7. The maximum Gasteiger partial charge on any atom is 0.410 e. The fourth-order valence-corrected chi connectivity index (χ4v) is 3.17. The minimum Gasteiger partial charge on any atom is -0.444 e. The summed E-state index contributed by atoms with van der Waals surface area (Å²) in [6.45, 7) is 9.84. The van der Waals surface area contributed by atoms with Gasteiger partial charge in [0.2, 0.25) is 0 Å². The van der Waals surface area contributed by atoms with Crippen LogP contribution in [0, 0.1) is 0 Å². The topological polar surface area (TPSA) is 197 Å². The smallest absolute Gasteiger partial charge is 0.410 e. The fraction of sp³-hybridized carbons (Fsp3) is 0.846. The Hall–Kier alpha value is -3.05. The Labute approximate surface area is 251 Å². The molecule has 1 saturated heterocycles. The molecule has 0 aromatic heterocycles. The molecule has 0 aliphatic carbocycles. The van der Waals surface area contributed by atoms with Crippen LogP contribution in [0.3, 0.4) is 0 Å². The predicted molar refractivity (Wildman–Crippen MR) is 149 cm³/mol. The number of hydrogen-bond donors (Lipinski definition) is 0. The molecule has 1 aliphatic heterocycles. The van der Waals surface area contributed by atoms with Crippen LogP contribution >= 0.6 is 0 Å². The summed E-state index contributed by atoms with van der Waals surface area (Å²) in [6.07, 6.45) is -0.492. The van der Waals surface area contributed by atoms with Gasteiger partial charge in [-0.2, -0.15) is 0 Å². The number of hydrogen-bond acceptors (Lipinski definition) is 13. The molecule has 0 unspecified atom stereocenters. The highest BCUT2D eigenvalue weighted by Gasteiger charge is 2.32. The van der Waals surface area contributed by atoms with E-state index in [1.807, 2.05) is 0 Å². The van der Waals surface area contributed by atoms with E-state index in [1.54, 1.807) is 20.8 Å². The number of azide groups is 1. The summed E-state index contributed by atoms with van der Waals surface area (Å²) < 4.78 is 37.9. The van der Waals surface area contributed by atoms with E-state index in [1.165, 1.54) is 4.90 Å². The zero-order valence-electron chi connectivity index (χ0n) is 25.4. The third-order valence-electron chi connectivity index (χ3n) is 5.20. The van der Waals surface area contributed by atoms with E-state index in [4.69, 9.17) is 43.5 Å². The number of nitrogens with zero attached hydrogens (tertiary/aromatic N) is 5. The molecule has 1 heterocycles. The van der Waals surface area contributed by atoms with Crippen molar-refractivity contribution < 1.29 is 57.2 Å². The number of carbonyl (C=O) groups is 4. The van der Waals surface area contributed by atoms with Crippen molar-refractivity contribution in [2.75, 3.05) is 98.9 Å². The lowest BCUT2D eigenvalue weighted by atomic mass is 10.2. The minimum absolute atomic E-state index is 0.0413. The van der Waals surface area contributed by atoms with Crippen LogP contribution in [0.15, 0.2) is 5.11 Å². The molecule has 0 aromatic rings. The molecule has 0 spiro atoms. The lowest BCUT2D eigenvalue weighted by Gasteiger charge is -2.27. The first-order chi connectivity index (χ1) is 20.6. The van der Waals surface area contributed by atoms with Gasteiger partial charge < -0.3 is 42.9 Å². The van der Waals surface area contributed by atoms with Crippen LogP contribution in [-0.4, -0.2) is 138 Å². The average molecular weight is 620 g/mol. The molecule has 0 saturated carbocycles. The Morgan fingerprint density at radius 1 is 0.767 bits per heavy atom. The van der Waals surface area contributed by atoms with Gasteiger partial charge in [-0.05, 0) is 26.3 Å². The van der Waals surface area contributed by atoms with Crippen molar-refractivity contribution in [3.05, 3.63) is 10.4 Å². The first kappa shape index (κ1) is 38.0. The highest BCUT2D eigenvalue weighted by atomic mass is 16.7. The largest absolute Gasteiger partial charge is 0.444 e. The molecule has 17 nitrogen and oxygen atoms in total. The number of carbonyl (C=O) groups excluding carboxylic acids is 4. The van der Waals surface area contributed by atoms with Crippen LogP contribution in [0.25, 0.3) is 10.4 Å². The van der Waals surface area contributed by atoms with E-state index in [0.29, 0.717) is 71.0 Å². The van der Waals surface area contributed by atoms with E-state index in [2.05, 4.69) is 10.0 Å². The number of ether oxygens (including phenoxy) is 7. The van der Waals surface area contributed by atoms with Crippen molar-refractivity contribution in [2.24, 2.45) is 5.11 Å². The van der Waals surface area contributed by atoms with Gasteiger partial charge in [-0.1, -0.05) is 5.11 Å². The SMILES string of the molecule is CC(C)(C)OC(=O)N(CCOCCOCCOCCN=[N+]=[N-])CCOCCOCCOCCC(=O)ON1C(=O)CCC1=O. The maximum absolute atomic E-state index is 12.6. The molecule has 1 fully saturated rings. The molecule has 0 N–H and O–H groups in total. The van der Waals surface area contributed by atoms with E-state index in [9.17, 15) is 19.2 Å². The fourth-order valence-electron chi connectivity index (χ4n) is 3.17. The number of amides is 3. The lowest BCUT2D eigenvalue weighted by molar-refractivity contribution is -0.198. The van der Waals surface area contributed by atoms with Crippen molar-refractivity contribution in [1.82, 2.24) is 9.96 Å². The van der Waals surface area contributed by atoms with Crippen LogP contribution in [0.2, 0.25) is 0 Å². The van der Waals surface area contributed by atoms with Crippen molar-refractivity contribution in [3.63, 3.8) is 0 Å². The molecule has 3 amide bonds. The van der Waals surface area contributed by atoms with Crippen molar-refractivity contribution in [3.8, 4) is 0 Å². The molecule has 0 radical (unpaired) electrons. The molecular weight excluding hydrogens is 574 g/mol. The Balaban J connectivity index is 2.09. The quantitative estimate of drug-likeness (QED) is 0.0471. The monoisotopic (exact) mass is 619 g/mol. The minimum atomic E-state index is -0.725. The van der Waals surface area contributed by atoms with E-state index in [-0.39, 0.29) is 52.2 Å². The van der Waals surface area contributed by atoms with Crippen LogP contribution in [0.5, 0.6) is 0 Å². The average Bonchev–Trinajstić information content (AvgIpc) is 3.26. The van der Waals surface area contributed by atoms with Gasteiger partial charge in [0.1, 0.15) is 5.60 Å². The zero-order chi connectivity index (χ0) is 31.8. The van der Waals surface area contributed by atoms with Crippen LogP contribution < -0.4 is 0 Å². The Morgan fingerprint density at radius 3 is 1.67 bits per heavy atom. The second-order valence-corrected chi connectivity index (χ2v) is 9.89.